The molecule has 0 atom stereocenters. The molecule has 126 valence electrons. The first kappa shape index (κ1) is 15.5. The highest BCUT2D eigenvalue weighted by molar-refractivity contribution is 7.20. The molecule has 0 aliphatic heterocycles. The number of nitrogens with one attached hydrogen (secondary N) is 2. The van der Waals surface area contributed by atoms with E-state index in [0.717, 1.165) is 37.9 Å². The number of hydrogen-bond donors (Lipinski definition) is 3. The van der Waals surface area contributed by atoms with Gasteiger partial charge in [-0.1, -0.05) is 0 Å². The van der Waals surface area contributed by atoms with Crippen LogP contribution in [0.2, 0.25) is 0 Å². The zero-order valence-electron chi connectivity index (χ0n) is 14.0. The zero-order valence-corrected chi connectivity index (χ0v) is 14.8. The Balaban J connectivity index is 1.75. The third-order valence-corrected chi connectivity index (χ3v) is 5.35. The van der Waals surface area contributed by atoms with Gasteiger partial charge in [-0.3, -0.25) is 9.89 Å². The second-order valence-corrected chi connectivity index (χ2v) is 6.97. The van der Waals surface area contributed by atoms with Crippen LogP contribution >= 0.6 is 11.3 Å². The molecule has 0 aliphatic carbocycles. The van der Waals surface area contributed by atoms with Gasteiger partial charge in [-0.2, -0.15) is 5.10 Å². The van der Waals surface area contributed by atoms with Crippen molar-refractivity contribution in [1.82, 2.24) is 20.2 Å². The first-order chi connectivity index (χ1) is 11.9. The number of H-pyrrole nitrogens is 1. The van der Waals surface area contributed by atoms with Crippen molar-refractivity contribution in [3.05, 3.63) is 40.2 Å². The molecule has 25 heavy (non-hydrogen) atoms. The van der Waals surface area contributed by atoms with E-state index in [0.29, 0.717) is 16.5 Å². The Bertz CT molecular complexity index is 1140. The highest BCUT2D eigenvalue weighted by atomic mass is 32.1. The number of anilines is 2. The van der Waals surface area contributed by atoms with Crippen LogP contribution in [-0.2, 0) is 0 Å². The van der Waals surface area contributed by atoms with Crippen LogP contribution in [-0.4, -0.2) is 26.1 Å². The van der Waals surface area contributed by atoms with E-state index in [2.05, 4.69) is 25.5 Å². The molecule has 0 saturated heterocycles. The molecular weight excluding hydrogens is 336 g/mol. The number of carbonyl (C=O) groups is 1. The smallest absolute Gasteiger partial charge is 0.266 e. The number of nitrogens with zero attached hydrogens (tertiary/aromatic N) is 3. The number of fused-ring (bicyclic) bond motifs is 2. The van der Waals surface area contributed by atoms with Crippen LogP contribution in [0.1, 0.15) is 26.6 Å². The van der Waals surface area contributed by atoms with Crippen LogP contribution < -0.4 is 11.1 Å². The number of aromatic nitrogens is 4. The molecule has 7 nitrogen and oxygen atoms in total. The van der Waals surface area contributed by atoms with E-state index in [1.165, 1.54) is 11.3 Å². The molecule has 0 bridgehead atoms. The molecule has 0 fully saturated rings. The van der Waals surface area contributed by atoms with Gasteiger partial charge < -0.3 is 11.1 Å². The minimum atomic E-state index is -0.177. The van der Waals surface area contributed by atoms with Crippen LogP contribution in [0, 0.1) is 20.8 Å². The number of hydrogen-bond acceptors (Lipinski definition) is 6. The second-order valence-electron chi connectivity index (χ2n) is 5.97. The van der Waals surface area contributed by atoms with Gasteiger partial charge >= 0.3 is 0 Å². The first-order valence-electron chi connectivity index (χ1n) is 7.72. The molecule has 0 saturated carbocycles. The lowest BCUT2D eigenvalue weighted by Gasteiger charge is -2.08. The highest BCUT2D eigenvalue weighted by Crippen LogP contribution is 2.33. The van der Waals surface area contributed by atoms with Crippen molar-refractivity contribution in [2.75, 3.05) is 11.1 Å². The van der Waals surface area contributed by atoms with E-state index in [-0.39, 0.29) is 5.91 Å². The van der Waals surface area contributed by atoms with Gasteiger partial charge in [0.15, 0.2) is 0 Å². The molecule has 4 aromatic rings. The van der Waals surface area contributed by atoms with Gasteiger partial charge in [0, 0.05) is 11.1 Å². The Morgan fingerprint density at radius 2 is 2.04 bits per heavy atom. The minimum Gasteiger partial charge on any atom is -0.383 e. The van der Waals surface area contributed by atoms with Crippen LogP contribution in [0.5, 0.6) is 0 Å². The maximum absolute atomic E-state index is 12.8. The van der Waals surface area contributed by atoms with Crippen molar-refractivity contribution in [1.29, 1.82) is 0 Å². The van der Waals surface area contributed by atoms with E-state index in [1.807, 2.05) is 26.0 Å². The molecule has 0 radical (unpaired) electrons. The van der Waals surface area contributed by atoms with Crippen LogP contribution in [0.4, 0.5) is 11.5 Å². The fraction of sp³-hybridized carbons (Fsp3) is 0.176. The molecule has 4 N–H and O–H groups in total. The van der Waals surface area contributed by atoms with Gasteiger partial charge in [-0.25, -0.2) is 9.97 Å². The van der Waals surface area contributed by atoms with Gasteiger partial charge in [0.2, 0.25) is 0 Å². The topological polar surface area (TPSA) is 110 Å². The number of benzene rings is 1. The fourth-order valence-electron chi connectivity index (χ4n) is 2.91. The van der Waals surface area contributed by atoms with E-state index >= 15 is 0 Å². The van der Waals surface area contributed by atoms with Crippen molar-refractivity contribution in [2.24, 2.45) is 0 Å². The van der Waals surface area contributed by atoms with Crippen molar-refractivity contribution >= 4 is 49.9 Å². The van der Waals surface area contributed by atoms with E-state index < -0.39 is 0 Å². The average Bonchev–Trinajstić information content (AvgIpc) is 3.11. The average molecular weight is 352 g/mol. The molecule has 0 spiro atoms. The molecule has 3 aromatic heterocycles. The van der Waals surface area contributed by atoms with Crippen molar-refractivity contribution in [3.63, 3.8) is 0 Å². The summed E-state index contributed by atoms with van der Waals surface area (Å²) >= 11 is 1.33. The summed E-state index contributed by atoms with van der Waals surface area (Å²) < 4.78 is 0. The summed E-state index contributed by atoms with van der Waals surface area (Å²) in [6.45, 7) is 5.60. The summed E-state index contributed by atoms with van der Waals surface area (Å²) in [6, 6.07) is 3.87. The minimum absolute atomic E-state index is 0.177. The number of nitrogens with two attached hydrogens (primary N) is 1. The number of aromatic amines is 1. The normalized spacial score (nSPS) is 11.3. The lowest BCUT2D eigenvalue weighted by atomic mass is 10.1. The number of carbonyl (C=O) groups excluding carboxylic acids is 1. The van der Waals surface area contributed by atoms with Crippen LogP contribution in [0.3, 0.4) is 0 Å². The number of amides is 1. The standard InChI is InChI=1S/C17H16N6OS/c1-7-4-12-10(6-19-23-12)5-11(7)22-16(24)14-8(2)13-15(18)20-9(3)21-17(13)25-14/h4-6H,1-3H3,(H,19,23)(H,22,24)(H2,18,20,21). The second kappa shape index (κ2) is 5.52. The molecule has 0 aliphatic rings. The molecule has 3 heterocycles. The van der Waals surface area contributed by atoms with E-state index in [9.17, 15) is 4.79 Å². The quantitative estimate of drug-likeness (QED) is 0.512. The summed E-state index contributed by atoms with van der Waals surface area (Å²) in [4.78, 5) is 22.7. The molecular formula is C17H16N6OS. The monoisotopic (exact) mass is 352 g/mol. The number of thiophene rings is 1. The first-order valence-corrected chi connectivity index (χ1v) is 8.54. The highest BCUT2D eigenvalue weighted by Gasteiger charge is 2.20. The van der Waals surface area contributed by atoms with Gasteiger partial charge in [-0.15, -0.1) is 11.3 Å². The van der Waals surface area contributed by atoms with Gasteiger partial charge in [-0.05, 0) is 44.0 Å². The lowest BCUT2D eigenvalue weighted by molar-refractivity contribution is 0.103. The summed E-state index contributed by atoms with van der Waals surface area (Å²) in [5.74, 6) is 0.828. The van der Waals surface area contributed by atoms with E-state index in [1.54, 1.807) is 13.1 Å². The third-order valence-electron chi connectivity index (χ3n) is 4.17. The van der Waals surface area contributed by atoms with Crippen LogP contribution in [0.25, 0.3) is 21.1 Å². The Morgan fingerprint density at radius 3 is 2.84 bits per heavy atom. The van der Waals surface area contributed by atoms with Crippen LogP contribution in [0.15, 0.2) is 18.3 Å². The third kappa shape index (κ3) is 2.51. The van der Waals surface area contributed by atoms with Crippen molar-refractivity contribution in [2.45, 2.75) is 20.8 Å². The predicted molar refractivity (Wildman–Crippen MR) is 100 cm³/mol. The summed E-state index contributed by atoms with van der Waals surface area (Å²) in [5, 5.41) is 11.6. The van der Waals surface area contributed by atoms with Gasteiger partial charge in [0.25, 0.3) is 5.91 Å². The number of rotatable bonds is 2. The molecule has 1 aromatic carbocycles. The Morgan fingerprint density at radius 1 is 1.24 bits per heavy atom. The summed E-state index contributed by atoms with van der Waals surface area (Å²) in [6.07, 6.45) is 1.73. The Labute approximate surface area is 147 Å². The fourth-order valence-corrected chi connectivity index (χ4v) is 4.04. The lowest BCUT2D eigenvalue weighted by Crippen LogP contribution is -2.12. The maximum atomic E-state index is 12.8. The molecule has 4 rings (SSSR count). The Kier molecular flexibility index (Phi) is 3.43. The predicted octanol–water partition coefficient (Wildman–Crippen LogP) is 3.33. The zero-order chi connectivity index (χ0) is 17.7. The number of aryl methyl sites for hydroxylation is 3. The van der Waals surface area contributed by atoms with Crippen molar-refractivity contribution < 1.29 is 4.79 Å². The molecule has 8 heteroatoms. The number of nitrogen functional groups attached to an aromatic ring is 1. The Hall–Kier alpha value is -3.00. The maximum Gasteiger partial charge on any atom is 0.266 e. The molecule has 0 unspecified atom stereocenters. The molecule has 1 amide bonds. The SMILES string of the molecule is Cc1nc(N)c2c(C)c(C(=O)Nc3cc4cn[nH]c4cc3C)sc2n1. The summed E-state index contributed by atoms with van der Waals surface area (Å²) in [5.41, 5.74) is 9.46. The largest absolute Gasteiger partial charge is 0.383 e. The van der Waals surface area contributed by atoms with Gasteiger partial charge in [0.05, 0.1) is 22.0 Å². The summed E-state index contributed by atoms with van der Waals surface area (Å²) in [7, 11) is 0. The van der Waals surface area contributed by atoms with Crippen molar-refractivity contribution in [3.8, 4) is 0 Å². The van der Waals surface area contributed by atoms with E-state index in [4.69, 9.17) is 5.73 Å². The van der Waals surface area contributed by atoms with Gasteiger partial charge in [0.1, 0.15) is 16.5 Å².